The number of phenolic OH excluding ortho intramolecular Hbond substituents is 2. The molecule has 1 aromatic carbocycles. The highest BCUT2D eigenvalue weighted by Crippen LogP contribution is 2.33. The second-order valence-corrected chi connectivity index (χ2v) is 3.73. The van der Waals surface area contributed by atoms with Crippen molar-refractivity contribution in [3.05, 3.63) is 23.3 Å². The number of halogens is 1. The number of benzene rings is 1. The van der Waals surface area contributed by atoms with Gasteiger partial charge in [0.2, 0.25) is 0 Å². The van der Waals surface area contributed by atoms with Gasteiger partial charge in [0, 0.05) is 12.1 Å². The Balaban J connectivity index is 0.00000144. The van der Waals surface area contributed by atoms with Gasteiger partial charge in [-0.15, -0.1) is 12.4 Å². The third-order valence-electron chi connectivity index (χ3n) is 2.79. The molecule has 1 unspecified atom stereocenters. The Labute approximate surface area is 105 Å². The summed E-state index contributed by atoms with van der Waals surface area (Å²) in [5.41, 5.74) is 1.49. The average Bonchev–Trinajstić information content (AvgIpc) is 2.32. The molecular formula is C11H14ClNO4. The van der Waals surface area contributed by atoms with Crippen LogP contribution < -0.4 is 5.32 Å². The summed E-state index contributed by atoms with van der Waals surface area (Å²) in [5, 5.41) is 21.9. The summed E-state index contributed by atoms with van der Waals surface area (Å²) in [6, 6.07) is 2.75. The fraction of sp³-hybridized carbons (Fsp3) is 0.364. The fourth-order valence-electron chi connectivity index (χ4n) is 1.88. The molecular weight excluding hydrogens is 246 g/mol. The molecule has 0 fully saturated rings. The summed E-state index contributed by atoms with van der Waals surface area (Å²) in [5.74, 6) is -0.580. The van der Waals surface area contributed by atoms with E-state index in [-0.39, 0.29) is 35.9 Å². The zero-order valence-electron chi connectivity index (χ0n) is 9.27. The molecule has 5 nitrogen and oxygen atoms in total. The van der Waals surface area contributed by atoms with E-state index in [1.54, 1.807) is 6.07 Å². The van der Waals surface area contributed by atoms with Crippen molar-refractivity contribution in [2.75, 3.05) is 7.11 Å². The second-order valence-electron chi connectivity index (χ2n) is 3.73. The first-order valence-electron chi connectivity index (χ1n) is 4.97. The third kappa shape index (κ3) is 2.45. The fourth-order valence-corrected chi connectivity index (χ4v) is 1.88. The maximum atomic E-state index is 11.3. The molecule has 1 heterocycles. The summed E-state index contributed by atoms with van der Waals surface area (Å²) < 4.78 is 4.65. The Kier molecular flexibility index (Phi) is 4.20. The molecule has 0 aliphatic carbocycles. The first kappa shape index (κ1) is 13.6. The molecule has 0 saturated carbocycles. The van der Waals surface area contributed by atoms with Crippen molar-refractivity contribution in [1.29, 1.82) is 0 Å². The minimum atomic E-state index is -0.388. The number of carbonyl (C=O) groups is 1. The molecule has 3 N–H and O–H groups in total. The van der Waals surface area contributed by atoms with Gasteiger partial charge in [-0.2, -0.15) is 0 Å². The summed E-state index contributed by atoms with van der Waals surface area (Å²) >= 11 is 0. The maximum Gasteiger partial charge on any atom is 0.323 e. The monoisotopic (exact) mass is 259 g/mol. The Hall–Kier alpha value is -1.46. The molecule has 0 amide bonds. The van der Waals surface area contributed by atoms with E-state index in [0.717, 1.165) is 5.56 Å². The zero-order valence-corrected chi connectivity index (χ0v) is 10.1. The predicted octanol–water partition coefficient (Wildman–Crippen LogP) is 0.707. The van der Waals surface area contributed by atoms with Crippen LogP contribution in [0.3, 0.4) is 0 Å². The smallest absolute Gasteiger partial charge is 0.323 e. The number of fused-ring (bicyclic) bond motifs is 1. The highest BCUT2D eigenvalue weighted by Gasteiger charge is 2.26. The van der Waals surface area contributed by atoms with Crippen LogP contribution in [-0.2, 0) is 22.5 Å². The van der Waals surface area contributed by atoms with Crippen molar-refractivity contribution < 1.29 is 19.7 Å². The van der Waals surface area contributed by atoms with Crippen LogP contribution in [0.4, 0.5) is 0 Å². The summed E-state index contributed by atoms with van der Waals surface area (Å²) in [6.07, 6.45) is 0.454. The minimum absolute atomic E-state index is 0. The number of hydrogen-bond acceptors (Lipinski definition) is 5. The number of carbonyl (C=O) groups excluding carboxylic acids is 1. The van der Waals surface area contributed by atoms with E-state index >= 15 is 0 Å². The molecule has 1 aliphatic heterocycles. The zero-order chi connectivity index (χ0) is 11.7. The lowest BCUT2D eigenvalue weighted by Crippen LogP contribution is -2.42. The SMILES string of the molecule is COC(=O)C1Cc2ccc(O)c(O)c2CN1.Cl. The average molecular weight is 260 g/mol. The summed E-state index contributed by atoms with van der Waals surface area (Å²) in [6.45, 7) is 0.343. The van der Waals surface area contributed by atoms with Crippen LogP contribution in [0.2, 0.25) is 0 Å². The lowest BCUT2D eigenvalue weighted by Gasteiger charge is -2.24. The highest BCUT2D eigenvalue weighted by atomic mass is 35.5. The van der Waals surface area contributed by atoms with Gasteiger partial charge >= 0.3 is 5.97 Å². The van der Waals surface area contributed by atoms with E-state index in [9.17, 15) is 15.0 Å². The number of hydrogen-bond donors (Lipinski definition) is 3. The third-order valence-corrected chi connectivity index (χ3v) is 2.79. The van der Waals surface area contributed by atoms with Crippen LogP contribution in [0.25, 0.3) is 0 Å². The van der Waals surface area contributed by atoms with Crippen molar-refractivity contribution in [3.63, 3.8) is 0 Å². The first-order chi connectivity index (χ1) is 7.63. The van der Waals surface area contributed by atoms with Gasteiger partial charge in [-0.05, 0) is 18.1 Å². The minimum Gasteiger partial charge on any atom is -0.504 e. The molecule has 1 aliphatic rings. The number of aromatic hydroxyl groups is 2. The van der Waals surface area contributed by atoms with Gasteiger partial charge in [0.15, 0.2) is 11.5 Å². The van der Waals surface area contributed by atoms with Crippen LogP contribution in [0.1, 0.15) is 11.1 Å². The molecule has 0 aromatic heterocycles. The van der Waals surface area contributed by atoms with Gasteiger partial charge in [0.05, 0.1) is 7.11 Å². The van der Waals surface area contributed by atoms with Gasteiger partial charge in [-0.25, -0.2) is 0 Å². The predicted molar refractivity (Wildman–Crippen MR) is 63.4 cm³/mol. The van der Waals surface area contributed by atoms with Gasteiger partial charge in [-0.3, -0.25) is 10.1 Å². The van der Waals surface area contributed by atoms with Crippen LogP contribution in [-0.4, -0.2) is 29.3 Å². The van der Waals surface area contributed by atoms with Gasteiger partial charge in [0.1, 0.15) is 6.04 Å². The summed E-state index contributed by atoms with van der Waals surface area (Å²) in [7, 11) is 1.34. The topological polar surface area (TPSA) is 78.8 Å². The van der Waals surface area contributed by atoms with Crippen LogP contribution in [0.15, 0.2) is 12.1 Å². The molecule has 1 atom stereocenters. The van der Waals surface area contributed by atoms with E-state index in [1.165, 1.54) is 13.2 Å². The van der Waals surface area contributed by atoms with Crippen LogP contribution >= 0.6 is 12.4 Å². The summed E-state index contributed by atoms with van der Waals surface area (Å²) in [4.78, 5) is 11.3. The van der Waals surface area contributed by atoms with Crippen molar-refractivity contribution in [2.24, 2.45) is 0 Å². The molecule has 94 valence electrons. The molecule has 0 bridgehead atoms. The van der Waals surface area contributed by atoms with E-state index in [2.05, 4.69) is 10.1 Å². The molecule has 2 rings (SSSR count). The van der Waals surface area contributed by atoms with E-state index in [1.807, 2.05) is 0 Å². The number of nitrogens with one attached hydrogen (secondary N) is 1. The van der Waals surface area contributed by atoms with E-state index in [0.29, 0.717) is 18.5 Å². The molecule has 0 spiro atoms. The van der Waals surface area contributed by atoms with Crippen molar-refractivity contribution in [3.8, 4) is 11.5 Å². The molecule has 0 radical (unpaired) electrons. The standard InChI is InChI=1S/C11H13NO4.ClH/c1-16-11(15)8-4-6-2-3-9(13)10(14)7(6)5-12-8;/h2-3,8,12-14H,4-5H2,1H3;1H. The lowest BCUT2D eigenvalue weighted by molar-refractivity contribution is -0.143. The number of ether oxygens (including phenoxy) is 1. The van der Waals surface area contributed by atoms with Crippen LogP contribution in [0, 0.1) is 0 Å². The van der Waals surface area contributed by atoms with Crippen molar-refractivity contribution in [1.82, 2.24) is 5.32 Å². The lowest BCUT2D eigenvalue weighted by atomic mass is 9.95. The molecule has 6 heteroatoms. The Morgan fingerprint density at radius 1 is 1.47 bits per heavy atom. The van der Waals surface area contributed by atoms with E-state index in [4.69, 9.17) is 0 Å². The Morgan fingerprint density at radius 2 is 2.18 bits per heavy atom. The normalized spacial score (nSPS) is 17.8. The largest absolute Gasteiger partial charge is 0.504 e. The first-order valence-corrected chi connectivity index (χ1v) is 4.97. The number of esters is 1. The van der Waals surface area contributed by atoms with Crippen LogP contribution in [0.5, 0.6) is 11.5 Å². The second kappa shape index (κ2) is 5.25. The van der Waals surface area contributed by atoms with E-state index < -0.39 is 0 Å². The quantitative estimate of drug-likeness (QED) is 0.511. The number of rotatable bonds is 1. The van der Waals surface area contributed by atoms with Gasteiger partial charge in [-0.1, -0.05) is 6.07 Å². The molecule has 0 saturated heterocycles. The maximum absolute atomic E-state index is 11.3. The highest BCUT2D eigenvalue weighted by molar-refractivity contribution is 5.85. The van der Waals surface area contributed by atoms with Crippen molar-refractivity contribution in [2.45, 2.75) is 19.0 Å². The Bertz CT molecular complexity index is 436. The molecule has 1 aromatic rings. The Morgan fingerprint density at radius 3 is 2.82 bits per heavy atom. The molecule has 17 heavy (non-hydrogen) atoms. The van der Waals surface area contributed by atoms with Crippen molar-refractivity contribution >= 4 is 18.4 Å². The number of methoxy groups -OCH3 is 1. The van der Waals surface area contributed by atoms with Gasteiger partial charge < -0.3 is 14.9 Å². The number of phenols is 2. The van der Waals surface area contributed by atoms with Gasteiger partial charge in [0.25, 0.3) is 0 Å².